The number of benzene rings is 1. The molecule has 2 aliphatic rings. The summed E-state index contributed by atoms with van der Waals surface area (Å²) in [4.78, 5) is 13.1. The van der Waals surface area contributed by atoms with Crippen LogP contribution < -0.4 is 10.1 Å². The number of aliphatic hydroxyl groups excluding tert-OH is 1. The maximum Gasteiger partial charge on any atom is 0.225 e. The van der Waals surface area contributed by atoms with E-state index in [2.05, 4.69) is 38.9 Å². The van der Waals surface area contributed by atoms with E-state index in [4.69, 9.17) is 20.6 Å². The molecule has 2 N–H and O–H groups in total. The number of hydrogen-bond acceptors (Lipinski definition) is 5. The zero-order valence-corrected chi connectivity index (χ0v) is 22.8. The van der Waals surface area contributed by atoms with Gasteiger partial charge in [0.05, 0.1) is 32.0 Å². The van der Waals surface area contributed by atoms with Gasteiger partial charge < -0.3 is 24.6 Å². The van der Waals surface area contributed by atoms with Gasteiger partial charge >= 0.3 is 0 Å². The first-order chi connectivity index (χ1) is 17.2. The van der Waals surface area contributed by atoms with E-state index >= 15 is 0 Å². The lowest BCUT2D eigenvalue weighted by Gasteiger charge is -2.57. The van der Waals surface area contributed by atoms with Crippen LogP contribution >= 0.6 is 0 Å². The molecule has 0 unspecified atom stereocenters. The number of nitrogens with one attached hydrogen (secondary N) is 1. The second kappa shape index (κ2) is 12.4. The molecule has 6 nitrogen and oxygen atoms in total. The highest BCUT2D eigenvalue weighted by Gasteiger charge is 2.57. The van der Waals surface area contributed by atoms with Gasteiger partial charge in [0, 0.05) is 36.5 Å². The molecule has 6 heteroatoms. The molecule has 0 aromatic heterocycles. The highest BCUT2D eigenvalue weighted by Crippen LogP contribution is 2.47. The van der Waals surface area contributed by atoms with Crippen LogP contribution in [0.25, 0.3) is 0 Å². The molecule has 3 rings (SSSR count). The zero-order chi connectivity index (χ0) is 26.5. The Labute approximate surface area is 217 Å². The molecule has 1 aromatic rings. The predicted octanol–water partition coefficient (Wildman–Crippen LogP) is 4.93. The number of rotatable bonds is 10. The number of aliphatic hydroxyl groups is 1. The van der Waals surface area contributed by atoms with Gasteiger partial charge in [0.25, 0.3) is 0 Å². The normalized spacial score (nSPS) is 34.0. The van der Waals surface area contributed by atoms with Crippen molar-refractivity contribution in [2.45, 2.75) is 97.4 Å². The molecule has 2 aliphatic heterocycles. The minimum atomic E-state index is -0.827. The summed E-state index contributed by atoms with van der Waals surface area (Å²) in [5.74, 6) is 3.67. The molecular weight excluding hydrogens is 454 g/mol. The van der Waals surface area contributed by atoms with Crippen molar-refractivity contribution in [3.8, 4) is 18.1 Å². The molecule has 0 radical (unpaired) electrons. The van der Waals surface area contributed by atoms with Gasteiger partial charge in [0.2, 0.25) is 5.91 Å². The third-order valence-corrected chi connectivity index (χ3v) is 8.65. The number of ether oxygens (including phenoxy) is 3. The molecule has 1 spiro atoms. The molecule has 2 heterocycles. The summed E-state index contributed by atoms with van der Waals surface area (Å²) < 4.78 is 18.7. The van der Waals surface area contributed by atoms with Crippen LogP contribution in [-0.4, -0.2) is 42.2 Å². The number of methoxy groups -OCH3 is 1. The average molecular weight is 500 g/mol. The summed E-state index contributed by atoms with van der Waals surface area (Å²) in [5.41, 5.74) is 0.230. The SMILES string of the molecule is C#CCC[C@H](C)[C@@H](O)C[C@@H]1O[C@@]2(NC(=O)[C@@H](CC)C[C@@H]2C)[C@@H](C)[C@@H](OCc2ccc(OC)cc2)[C@H]1C. The van der Waals surface area contributed by atoms with Gasteiger partial charge in [-0.05, 0) is 42.9 Å². The molecular formula is C30H45NO5. The second-order valence-electron chi connectivity index (χ2n) is 11.0. The number of carbonyl (C=O) groups is 1. The largest absolute Gasteiger partial charge is 0.497 e. The van der Waals surface area contributed by atoms with Crippen molar-refractivity contribution in [3.05, 3.63) is 29.8 Å². The van der Waals surface area contributed by atoms with Crippen LogP contribution in [0.3, 0.4) is 0 Å². The van der Waals surface area contributed by atoms with Crippen molar-refractivity contribution in [2.24, 2.45) is 29.6 Å². The van der Waals surface area contributed by atoms with Crippen LogP contribution in [0, 0.1) is 41.9 Å². The summed E-state index contributed by atoms with van der Waals surface area (Å²) in [6, 6.07) is 7.88. The standard InChI is InChI=1S/C30H45NO5/c1-8-10-11-19(3)26(32)17-27-21(5)28(35-18-23-12-14-25(34-7)15-13-23)22(6)30(36-27)20(4)16-24(9-2)29(33)31-30/h1,12-15,19-22,24,26-28,32H,9-11,16-18H2,2-7H3,(H,31,33)/t19-,20-,21-,22-,24-,26-,27-,28-,30+/m0/s1. The van der Waals surface area contributed by atoms with E-state index in [-0.39, 0.29) is 47.7 Å². The average Bonchev–Trinajstić information content (AvgIpc) is 2.87. The molecule has 36 heavy (non-hydrogen) atoms. The Morgan fingerprint density at radius 1 is 1.28 bits per heavy atom. The van der Waals surface area contributed by atoms with E-state index in [0.29, 0.717) is 19.4 Å². The van der Waals surface area contributed by atoms with Gasteiger partial charge in [-0.15, -0.1) is 12.3 Å². The first-order valence-electron chi connectivity index (χ1n) is 13.5. The van der Waals surface area contributed by atoms with Crippen molar-refractivity contribution < 1.29 is 24.1 Å². The first kappa shape index (κ1) is 28.5. The van der Waals surface area contributed by atoms with Crippen molar-refractivity contribution in [1.29, 1.82) is 0 Å². The van der Waals surface area contributed by atoms with Crippen LogP contribution in [0.4, 0.5) is 0 Å². The molecule has 0 bridgehead atoms. The fourth-order valence-electron chi connectivity index (χ4n) is 6.01. The number of terminal acetylenes is 1. The molecule has 0 saturated carbocycles. The Balaban J connectivity index is 1.85. The van der Waals surface area contributed by atoms with Crippen molar-refractivity contribution in [1.82, 2.24) is 5.32 Å². The van der Waals surface area contributed by atoms with E-state index < -0.39 is 11.8 Å². The monoisotopic (exact) mass is 499 g/mol. The Kier molecular flexibility index (Phi) is 9.86. The quantitative estimate of drug-likeness (QED) is 0.447. The zero-order valence-electron chi connectivity index (χ0n) is 22.8. The Morgan fingerprint density at radius 2 is 1.97 bits per heavy atom. The van der Waals surface area contributed by atoms with Crippen molar-refractivity contribution >= 4 is 5.91 Å². The number of hydrogen-bond donors (Lipinski definition) is 2. The summed E-state index contributed by atoms with van der Waals surface area (Å²) in [7, 11) is 1.65. The van der Waals surface area contributed by atoms with E-state index in [9.17, 15) is 9.90 Å². The van der Waals surface area contributed by atoms with Crippen LogP contribution in [-0.2, 0) is 20.9 Å². The number of carbonyl (C=O) groups excluding carboxylic acids is 1. The van der Waals surface area contributed by atoms with E-state index in [0.717, 1.165) is 30.6 Å². The summed E-state index contributed by atoms with van der Waals surface area (Å²) >= 11 is 0. The van der Waals surface area contributed by atoms with Crippen LogP contribution in [0.15, 0.2) is 24.3 Å². The van der Waals surface area contributed by atoms with Crippen molar-refractivity contribution in [3.63, 3.8) is 0 Å². The van der Waals surface area contributed by atoms with Crippen LogP contribution in [0.5, 0.6) is 5.75 Å². The summed E-state index contributed by atoms with van der Waals surface area (Å²) in [5, 5.41) is 14.3. The Morgan fingerprint density at radius 3 is 2.58 bits per heavy atom. The smallest absolute Gasteiger partial charge is 0.225 e. The third kappa shape index (κ3) is 6.07. The van der Waals surface area contributed by atoms with Gasteiger partial charge in [0.15, 0.2) is 0 Å². The lowest BCUT2D eigenvalue weighted by Crippen LogP contribution is -2.71. The highest BCUT2D eigenvalue weighted by atomic mass is 16.5. The molecule has 1 aromatic carbocycles. The first-order valence-corrected chi connectivity index (χ1v) is 13.5. The van der Waals surface area contributed by atoms with E-state index in [1.165, 1.54) is 0 Å². The molecule has 2 saturated heterocycles. The lowest BCUT2D eigenvalue weighted by atomic mass is 9.69. The highest BCUT2D eigenvalue weighted by molar-refractivity contribution is 5.80. The minimum absolute atomic E-state index is 0.00716. The Bertz CT molecular complexity index is 896. The predicted molar refractivity (Wildman–Crippen MR) is 141 cm³/mol. The minimum Gasteiger partial charge on any atom is -0.497 e. The maximum absolute atomic E-state index is 13.1. The molecule has 0 aliphatic carbocycles. The van der Waals surface area contributed by atoms with E-state index in [1.807, 2.05) is 31.2 Å². The fraction of sp³-hybridized carbons (Fsp3) is 0.700. The van der Waals surface area contributed by atoms with Gasteiger partial charge in [0.1, 0.15) is 11.5 Å². The van der Waals surface area contributed by atoms with Gasteiger partial charge in [-0.2, -0.15) is 0 Å². The molecule has 200 valence electrons. The third-order valence-electron chi connectivity index (χ3n) is 8.65. The van der Waals surface area contributed by atoms with Crippen LogP contribution in [0.1, 0.15) is 72.3 Å². The van der Waals surface area contributed by atoms with Gasteiger partial charge in [-0.1, -0.05) is 46.8 Å². The maximum atomic E-state index is 13.1. The van der Waals surface area contributed by atoms with Gasteiger partial charge in [-0.3, -0.25) is 4.79 Å². The number of piperidine rings is 1. The molecule has 2 fully saturated rings. The summed E-state index contributed by atoms with van der Waals surface area (Å²) in [6.07, 6.45) is 7.95. The second-order valence-corrected chi connectivity index (χ2v) is 11.0. The van der Waals surface area contributed by atoms with Crippen LogP contribution in [0.2, 0.25) is 0 Å². The van der Waals surface area contributed by atoms with Gasteiger partial charge in [-0.25, -0.2) is 0 Å². The summed E-state index contributed by atoms with van der Waals surface area (Å²) in [6.45, 7) is 11.0. The fourth-order valence-corrected chi connectivity index (χ4v) is 6.01. The van der Waals surface area contributed by atoms with Crippen molar-refractivity contribution in [2.75, 3.05) is 7.11 Å². The topological polar surface area (TPSA) is 77.0 Å². The molecule has 1 amide bonds. The Hall–Kier alpha value is -2.07. The van der Waals surface area contributed by atoms with E-state index in [1.54, 1.807) is 7.11 Å². The molecule has 9 atom stereocenters. The lowest BCUT2D eigenvalue weighted by molar-refractivity contribution is -0.276. The number of amides is 1.